The van der Waals surface area contributed by atoms with Crippen LogP contribution in [0.1, 0.15) is 39.3 Å². The number of aromatic nitrogens is 1. The van der Waals surface area contributed by atoms with E-state index in [2.05, 4.69) is 23.6 Å². The van der Waals surface area contributed by atoms with Crippen molar-refractivity contribution in [1.82, 2.24) is 9.71 Å². The molecule has 1 aromatic heterocycles. The first-order chi connectivity index (χ1) is 8.44. The maximum absolute atomic E-state index is 12.1. The Labute approximate surface area is 109 Å². The van der Waals surface area contributed by atoms with Crippen molar-refractivity contribution < 1.29 is 8.42 Å². The fourth-order valence-electron chi connectivity index (χ4n) is 2.10. The Hall–Kier alpha value is -0.850. The van der Waals surface area contributed by atoms with E-state index >= 15 is 0 Å². The molecule has 0 amide bonds. The maximum atomic E-state index is 12.1. The van der Waals surface area contributed by atoms with Crippen molar-refractivity contribution in [3.8, 4) is 0 Å². The Balaban J connectivity index is 2.81. The summed E-state index contributed by atoms with van der Waals surface area (Å²) in [7, 11) is -3.45. The van der Waals surface area contributed by atoms with Gasteiger partial charge in [-0.05, 0) is 18.9 Å². The van der Waals surface area contributed by atoms with Crippen LogP contribution in [-0.4, -0.2) is 19.4 Å². The topological polar surface area (TPSA) is 88.0 Å². The fraction of sp³-hybridized carbons (Fsp3) is 0.667. The minimum absolute atomic E-state index is 0.0683. The molecule has 4 N–H and O–H groups in total. The van der Waals surface area contributed by atoms with Crippen LogP contribution in [0.4, 0.5) is 0 Å². The molecule has 0 aromatic carbocycles. The number of nitrogens with one attached hydrogen (secondary N) is 2. The number of aromatic amines is 1. The van der Waals surface area contributed by atoms with Crippen LogP contribution in [0.25, 0.3) is 0 Å². The molecule has 1 atom stereocenters. The van der Waals surface area contributed by atoms with Gasteiger partial charge in [-0.25, -0.2) is 13.1 Å². The van der Waals surface area contributed by atoms with E-state index in [4.69, 9.17) is 5.73 Å². The summed E-state index contributed by atoms with van der Waals surface area (Å²) in [6, 6.07) is 1.50. The van der Waals surface area contributed by atoms with Crippen molar-refractivity contribution in [3.63, 3.8) is 0 Å². The average molecular weight is 273 g/mol. The maximum Gasteiger partial charge on any atom is 0.242 e. The predicted molar refractivity (Wildman–Crippen MR) is 72.5 cm³/mol. The van der Waals surface area contributed by atoms with Gasteiger partial charge in [0.25, 0.3) is 0 Å². The van der Waals surface area contributed by atoms with Crippen molar-refractivity contribution in [2.75, 3.05) is 0 Å². The molecule has 1 unspecified atom stereocenters. The van der Waals surface area contributed by atoms with E-state index in [1.54, 1.807) is 6.07 Å². The number of rotatable bonds is 7. The lowest BCUT2D eigenvalue weighted by Gasteiger charge is -2.21. The van der Waals surface area contributed by atoms with E-state index in [9.17, 15) is 8.42 Å². The number of hydrogen-bond donors (Lipinski definition) is 3. The zero-order valence-corrected chi connectivity index (χ0v) is 12.0. The second-order valence-electron chi connectivity index (χ2n) is 4.55. The van der Waals surface area contributed by atoms with Crippen LogP contribution in [0.2, 0.25) is 0 Å². The highest BCUT2D eigenvalue weighted by atomic mass is 32.2. The van der Waals surface area contributed by atoms with E-state index in [0.717, 1.165) is 12.8 Å². The molecule has 0 bridgehead atoms. The molecule has 0 saturated heterocycles. The molecule has 104 valence electrons. The molecule has 5 nitrogen and oxygen atoms in total. The highest BCUT2D eigenvalue weighted by Crippen LogP contribution is 2.16. The lowest BCUT2D eigenvalue weighted by molar-refractivity contribution is 0.391. The van der Waals surface area contributed by atoms with Crippen molar-refractivity contribution in [3.05, 3.63) is 18.0 Å². The monoisotopic (exact) mass is 273 g/mol. The van der Waals surface area contributed by atoms with Gasteiger partial charge in [0, 0.05) is 24.5 Å². The first kappa shape index (κ1) is 15.2. The number of nitrogens with two attached hydrogens (primary N) is 1. The molecule has 18 heavy (non-hydrogen) atoms. The summed E-state index contributed by atoms with van der Waals surface area (Å²) < 4.78 is 27.0. The first-order valence-electron chi connectivity index (χ1n) is 6.34. The smallest absolute Gasteiger partial charge is 0.242 e. The zero-order chi connectivity index (χ0) is 13.8. The van der Waals surface area contributed by atoms with Gasteiger partial charge >= 0.3 is 0 Å². The van der Waals surface area contributed by atoms with Crippen LogP contribution in [0.5, 0.6) is 0 Å². The lowest BCUT2D eigenvalue weighted by atomic mass is 9.96. The molecule has 1 rings (SSSR count). The Morgan fingerprint density at radius 1 is 1.39 bits per heavy atom. The van der Waals surface area contributed by atoms with E-state index in [1.807, 2.05) is 6.92 Å². The van der Waals surface area contributed by atoms with Gasteiger partial charge in [-0.15, -0.1) is 0 Å². The quantitative estimate of drug-likeness (QED) is 0.704. The molecule has 1 aromatic rings. The molecule has 6 heteroatoms. The summed E-state index contributed by atoms with van der Waals surface area (Å²) in [5, 5.41) is 0. The third-order valence-electron chi connectivity index (χ3n) is 3.34. The molecule has 0 aliphatic heterocycles. The fourth-order valence-corrected chi connectivity index (χ4v) is 3.43. The second kappa shape index (κ2) is 6.36. The lowest BCUT2D eigenvalue weighted by Crippen LogP contribution is -2.37. The van der Waals surface area contributed by atoms with Gasteiger partial charge in [0.2, 0.25) is 10.0 Å². The Morgan fingerprint density at radius 2 is 2.00 bits per heavy atom. The summed E-state index contributed by atoms with van der Waals surface area (Å²) in [5.74, 6) is 0.354. The minimum atomic E-state index is -3.45. The summed E-state index contributed by atoms with van der Waals surface area (Å²) in [6.45, 7) is 6.35. The number of hydrogen-bond acceptors (Lipinski definition) is 3. The Morgan fingerprint density at radius 3 is 2.44 bits per heavy atom. The molecule has 0 aliphatic carbocycles. The van der Waals surface area contributed by atoms with Crippen LogP contribution >= 0.6 is 0 Å². The zero-order valence-electron chi connectivity index (χ0n) is 11.2. The molecule has 0 fully saturated rings. The summed E-state index contributed by atoms with van der Waals surface area (Å²) in [4.78, 5) is 3.10. The van der Waals surface area contributed by atoms with Gasteiger partial charge in [0.15, 0.2) is 0 Å². The van der Waals surface area contributed by atoms with Crippen molar-refractivity contribution in [2.24, 2.45) is 11.7 Å². The van der Waals surface area contributed by atoms with Crippen molar-refractivity contribution >= 4 is 10.0 Å². The Bertz CT molecular complexity index is 463. The highest BCUT2D eigenvalue weighted by Gasteiger charge is 2.22. The van der Waals surface area contributed by atoms with E-state index in [-0.39, 0.29) is 10.9 Å². The SMILES string of the molecule is CCC(CC)C(C)NS(=O)(=O)c1c[nH]c(CN)c1. The second-order valence-corrected chi connectivity index (χ2v) is 6.27. The number of H-pyrrole nitrogens is 1. The van der Waals surface area contributed by atoms with Crippen LogP contribution in [0.15, 0.2) is 17.2 Å². The largest absolute Gasteiger partial charge is 0.363 e. The van der Waals surface area contributed by atoms with Crippen molar-refractivity contribution in [1.29, 1.82) is 0 Å². The molecule has 0 radical (unpaired) electrons. The predicted octanol–water partition coefficient (Wildman–Crippen LogP) is 1.58. The number of sulfonamides is 1. The molecule has 1 heterocycles. The van der Waals surface area contributed by atoms with Crippen LogP contribution in [0, 0.1) is 5.92 Å². The van der Waals surface area contributed by atoms with Crippen LogP contribution in [0.3, 0.4) is 0 Å². The van der Waals surface area contributed by atoms with Crippen LogP contribution in [-0.2, 0) is 16.6 Å². The average Bonchev–Trinajstić information content (AvgIpc) is 2.79. The third kappa shape index (κ3) is 3.57. The van der Waals surface area contributed by atoms with Gasteiger partial charge < -0.3 is 10.7 Å². The molecule has 0 spiro atoms. The summed E-state index contributed by atoms with van der Waals surface area (Å²) >= 11 is 0. The van der Waals surface area contributed by atoms with Gasteiger partial charge in [-0.3, -0.25) is 0 Å². The van der Waals surface area contributed by atoms with Crippen LogP contribution < -0.4 is 10.5 Å². The molecule has 0 aliphatic rings. The van der Waals surface area contributed by atoms with E-state index in [1.165, 1.54) is 6.20 Å². The molecule has 0 saturated carbocycles. The highest BCUT2D eigenvalue weighted by molar-refractivity contribution is 7.89. The standard InChI is InChI=1S/C12H23N3O2S/c1-4-10(5-2)9(3)15-18(16,17)12-6-11(7-13)14-8-12/h6,8-10,14-15H,4-5,7,13H2,1-3H3. The van der Waals surface area contributed by atoms with Gasteiger partial charge in [0.1, 0.15) is 0 Å². The van der Waals surface area contributed by atoms with Gasteiger partial charge in [-0.2, -0.15) is 0 Å². The summed E-state index contributed by atoms with van der Waals surface area (Å²) in [6.07, 6.45) is 3.40. The minimum Gasteiger partial charge on any atom is -0.363 e. The third-order valence-corrected chi connectivity index (χ3v) is 4.88. The summed E-state index contributed by atoms with van der Waals surface area (Å²) in [5.41, 5.74) is 6.17. The van der Waals surface area contributed by atoms with E-state index < -0.39 is 10.0 Å². The van der Waals surface area contributed by atoms with Gasteiger partial charge in [0.05, 0.1) is 4.90 Å². The van der Waals surface area contributed by atoms with Gasteiger partial charge in [-0.1, -0.05) is 26.7 Å². The van der Waals surface area contributed by atoms with E-state index in [0.29, 0.717) is 18.2 Å². The van der Waals surface area contributed by atoms with Crippen molar-refractivity contribution in [2.45, 2.75) is 51.1 Å². The Kier molecular flexibility index (Phi) is 5.37. The molecular formula is C12H23N3O2S. The normalized spacial score (nSPS) is 14.1. The molecular weight excluding hydrogens is 250 g/mol. The first-order valence-corrected chi connectivity index (χ1v) is 7.82.